The van der Waals surface area contributed by atoms with Crippen molar-refractivity contribution in [1.29, 1.82) is 0 Å². The van der Waals surface area contributed by atoms with Gasteiger partial charge in [0.1, 0.15) is 17.9 Å². The molecule has 10 heteroatoms. The standard InChI is InChI=1S/C18H15F3N4O3/c19-18(20,21)11-3-5-12(6-4-11)28-9-8-23-16(26)17(27)25-14-10-24-13-2-1-7-22-15(13)14/h1-7,10,24H,8-9H2,(H,23,26)(H,25,27). The number of nitrogens with one attached hydrogen (secondary N) is 3. The lowest BCUT2D eigenvalue weighted by atomic mass is 10.2. The number of alkyl halides is 3. The minimum Gasteiger partial charge on any atom is -0.492 e. The number of rotatable bonds is 5. The Kier molecular flexibility index (Phi) is 5.48. The molecule has 28 heavy (non-hydrogen) atoms. The number of aromatic nitrogens is 2. The number of fused-ring (bicyclic) bond motifs is 1. The van der Waals surface area contributed by atoms with Crippen LogP contribution in [-0.4, -0.2) is 34.9 Å². The lowest BCUT2D eigenvalue weighted by Crippen LogP contribution is -2.37. The first-order valence-corrected chi connectivity index (χ1v) is 8.16. The fourth-order valence-corrected chi connectivity index (χ4v) is 2.38. The van der Waals surface area contributed by atoms with Gasteiger partial charge in [-0.05, 0) is 36.4 Å². The van der Waals surface area contributed by atoms with Gasteiger partial charge >= 0.3 is 18.0 Å². The highest BCUT2D eigenvalue weighted by atomic mass is 19.4. The summed E-state index contributed by atoms with van der Waals surface area (Å²) in [4.78, 5) is 30.8. The molecular formula is C18H15F3N4O3. The second kappa shape index (κ2) is 7.99. The summed E-state index contributed by atoms with van der Waals surface area (Å²) in [6, 6.07) is 7.67. The lowest BCUT2D eigenvalue weighted by Gasteiger charge is -2.10. The number of aromatic amines is 1. The smallest absolute Gasteiger partial charge is 0.416 e. The van der Waals surface area contributed by atoms with Crippen molar-refractivity contribution in [3.05, 3.63) is 54.4 Å². The fraction of sp³-hybridized carbons (Fsp3) is 0.167. The topological polar surface area (TPSA) is 96.1 Å². The third-order valence-corrected chi connectivity index (χ3v) is 3.73. The molecule has 0 saturated carbocycles. The molecule has 146 valence electrons. The van der Waals surface area contributed by atoms with Gasteiger partial charge in [0.25, 0.3) is 0 Å². The maximum atomic E-state index is 12.5. The van der Waals surface area contributed by atoms with E-state index in [1.165, 1.54) is 18.3 Å². The molecule has 0 bridgehead atoms. The van der Waals surface area contributed by atoms with E-state index in [0.29, 0.717) is 16.7 Å². The summed E-state index contributed by atoms with van der Waals surface area (Å²) in [5.74, 6) is -1.53. The third-order valence-electron chi connectivity index (χ3n) is 3.73. The number of carbonyl (C=O) groups is 2. The Labute approximate surface area is 156 Å². The normalized spacial score (nSPS) is 11.2. The van der Waals surface area contributed by atoms with Gasteiger partial charge in [-0.3, -0.25) is 14.6 Å². The van der Waals surface area contributed by atoms with Crippen LogP contribution in [-0.2, 0) is 15.8 Å². The van der Waals surface area contributed by atoms with E-state index >= 15 is 0 Å². The number of hydrogen-bond donors (Lipinski definition) is 3. The number of carbonyl (C=O) groups excluding carboxylic acids is 2. The van der Waals surface area contributed by atoms with Gasteiger partial charge in [-0.1, -0.05) is 0 Å². The number of benzene rings is 1. The predicted molar refractivity (Wildman–Crippen MR) is 94.7 cm³/mol. The Balaban J connectivity index is 1.44. The van der Waals surface area contributed by atoms with E-state index in [1.807, 2.05) is 0 Å². The molecule has 0 aliphatic carbocycles. The zero-order valence-corrected chi connectivity index (χ0v) is 14.3. The summed E-state index contributed by atoms with van der Waals surface area (Å²) >= 11 is 0. The molecule has 3 rings (SSSR count). The summed E-state index contributed by atoms with van der Waals surface area (Å²) in [6.07, 6.45) is -1.33. The Morgan fingerprint density at radius 3 is 2.57 bits per heavy atom. The molecule has 0 aliphatic rings. The van der Waals surface area contributed by atoms with Gasteiger partial charge in [0.2, 0.25) is 0 Å². The van der Waals surface area contributed by atoms with E-state index in [-0.39, 0.29) is 18.9 Å². The zero-order valence-electron chi connectivity index (χ0n) is 14.3. The van der Waals surface area contributed by atoms with Crippen LogP contribution in [0, 0.1) is 0 Å². The van der Waals surface area contributed by atoms with Crippen LogP contribution < -0.4 is 15.4 Å². The highest BCUT2D eigenvalue weighted by Crippen LogP contribution is 2.30. The first-order chi connectivity index (χ1) is 13.3. The summed E-state index contributed by atoms with van der Waals surface area (Å²) in [6.45, 7) is -0.0154. The highest BCUT2D eigenvalue weighted by Gasteiger charge is 2.30. The van der Waals surface area contributed by atoms with Crippen LogP contribution in [0.4, 0.5) is 18.9 Å². The van der Waals surface area contributed by atoms with Gasteiger partial charge in [0.05, 0.1) is 23.3 Å². The molecule has 0 spiro atoms. The van der Waals surface area contributed by atoms with Gasteiger partial charge in [-0.25, -0.2) is 0 Å². The number of H-pyrrole nitrogens is 1. The van der Waals surface area contributed by atoms with Crippen molar-refractivity contribution in [3.63, 3.8) is 0 Å². The molecule has 0 saturated heterocycles. The van der Waals surface area contributed by atoms with E-state index in [0.717, 1.165) is 12.1 Å². The van der Waals surface area contributed by atoms with Crippen molar-refractivity contribution >= 4 is 28.5 Å². The Morgan fingerprint density at radius 1 is 1.11 bits per heavy atom. The molecule has 2 heterocycles. The Bertz CT molecular complexity index is 984. The number of hydrogen-bond acceptors (Lipinski definition) is 4. The maximum absolute atomic E-state index is 12.5. The maximum Gasteiger partial charge on any atom is 0.416 e. The summed E-state index contributed by atoms with van der Waals surface area (Å²) < 4.78 is 42.7. The fourth-order valence-electron chi connectivity index (χ4n) is 2.38. The van der Waals surface area contributed by atoms with Crippen molar-refractivity contribution in [2.45, 2.75) is 6.18 Å². The number of amides is 2. The first kappa shape index (κ1) is 19.2. The quantitative estimate of drug-likeness (QED) is 0.460. The van der Waals surface area contributed by atoms with Crippen LogP contribution in [0.25, 0.3) is 11.0 Å². The monoisotopic (exact) mass is 392 g/mol. The number of nitrogens with zero attached hydrogens (tertiary/aromatic N) is 1. The van der Waals surface area contributed by atoms with Crippen molar-refractivity contribution in [1.82, 2.24) is 15.3 Å². The summed E-state index contributed by atoms with van der Waals surface area (Å²) in [7, 11) is 0. The van der Waals surface area contributed by atoms with Crippen LogP contribution in [0.3, 0.4) is 0 Å². The van der Waals surface area contributed by atoms with Crippen molar-refractivity contribution in [2.24, 2.45) is 0 Å². The second-order valence-electron chi connectivity index (χ2n) is 5.68. The number of anilines is 1. The van der Waals surface area contributed by atoms with Gasteiger partial charge in [0.15, 0.2) is 0 Å². The van der Waals surface area contributed by atoms with Crippen LogP contribution in [0.2, 0.25) is 0 Å². The second-order valence-corrected chi connectivity index (χ2v) is 5.68. The lowest BCUT2D eigenvalue weighted by molar-refractivity contribution is -0.137. The van der Waals surface area contributed by atoms with Gasteiger partial charge in [0, 0.05) is 12.4 Å². The Hall–Kier alpha value is -3.56. The van der Waals surface area contributed by atoms with E-state index < -0.39 is 23.6 Å². The first-order valence-electron chi connectivity index (χ1n) is 8.16. The molecule has 7 nitrogen and oxygen atoms in total. The zero-order chi connectivity index (χ0) is 20.1. The van der Waals surface area contributed by atoms with Crippen LogP contribution in [0.1, 0.15) is 5.56 Å². The van der Waals surface area contributed by atoms with E-state index in [1.54, 1.807) is 18.3 Å². The molecule has 3 N–H and O–H groups in total. The van der Waals surface area contributed by atoms with Crippen LogP contribution >= 0.6 is 0 Å². The van der Waals surface area contributed by atoms with Gasteiger partial charge in [-0.15, -0.1) is 0 Å². The molecule has 2 amide bonds. The van der Waals surface area contributed by atoms with Crippen molar-refractivity contribution in [2.75, 3.05) is 18.5 Å². The minimum atomic E-state index is -4.42. The minimum absolute atomic E-state index is 0.000585. The van der Waals surface area contributed by atoms with Gasteiger partial charge in [-0.2, -0.15) is 13.2 Å². The number of ether oxygens (including phenoxy) is 1. The van der Waals surface area contributed by atoms with Crippen molar-refractivity contribution in [3.8, 4) is 5.75 Å². The molecule has 0 radical (unpaired) electrons. The third kappa shape index (κ3) is 4.58. The average molecular weight is 392 g/mol. The SMILES string of the molecule is O=C(NCCOc1ccc(C(F)(F)F)cc1)C(=O)Nc1c[nH]c2cccnc12. The van der Waals surface area contributed by atoms with E-state index in [2.05, 4.69) is 20.6 Å². The predicted octanol–water partition coefficient (Wildman–Crippen LogP) is 2.72. The highest BCUT2D eigenvalue weighted by molar-refractivity contribution is 6.40. The van der Waals surface area contributed by atoms with Crippen molar-refractivity contribution < 1.29 is 27.5 Å². The molecule has 0 atom stereocenters. The average Bonchev–Trinajstić information content (AvgIpc) is 3.07. The largest absolute Gasteiger partial charge is 0.492 e. The summed E-state index contributed by atoms with van der Waals surface area (Å²) in [5.41, 5.74) is 0.825. The summed E-state index contributed by atoms with van der Waals surface area (Å²) in [5, 5.41) is 4.81. The van der Waals surface area contributed by atoms with Crippen LogP contribution in [0.5, 0.6) is 5.75 Å². The molecule has 3 aromatic rings. The molecule has 0 fully saturated rings. The number of pyridine rings is 1. The van der Waals surface area contributed by atoms with E-state index in [4.69, 9.17) is 4.74 Å². The number of halogens is 3. The molecular weight excluding hydrogens is 377 g/mol. The van der Waals surface area contributed by atoms with E-state index in [9.17, 15) is 22.8 Å². The molecule has 0 aliphatic heterocycles. The molecule has 1 aromatic carbocycles. The van der Waals surface area contributed by atoms with Gasteiger partial charge < -0.3 is 20.4 Å². The molecule has 2 aromatic heterocycles. The molecule has 0 unspecified atom stereocenters. The Morgan fingerprint density at radius 2 is 1.86 bits per heavy atom. The van der Waals surface area contributed by atoms with Crippen LogP contribution in [0.15, 0.2) is 48.8 Å².